The van der Waals surface area contributed by atoms with E-state index >= 15 is 0 Å². The van der Waals surface area contributed by atoms with E-state index in [-0.39, 0.29) is 30.6 Å². The number of hydrogen-bond acceptors (Lipinski definition) is 4. The molecule has 23 heavy (non-hydrogen) atoms. The van der Waals surface area contributed by atoms with Crippen LogP contribution in [0.4, 0.5) is 0 Å². The molecule has 0 aliphatic rings. The molecule has 1 amide bonds. The second-order valence-electron chi connectivity index (χ2n) is 5.06. The van der Waals surface area contributed by atoms with E-state index in [1.165, 1.54) is 16.9 Å². The van der Waals surface area contributed by atoms with Gasteiger partial charge in [0.05, 0.1) is 19.7 Å². The quantitative estimate of drug-likeness (QED) is 0.813. The smallest absolute Gasteiger partial charge is 0.354 e. The van der Waals surface area contributed by atoms with Crippen molar-refractivity contribution in [3.05, 3.63) is 47.8 Å². The lowest BCUT2D eigenvalue weighted by molar-refractivity contribution is -0.122. The second-order valence-corrected chi connectivity index (χ2v) is 5.06. The van der Waals surface area contributed by atoms with Gasteiger partial charge in [0, 0.05) is 12.6 Å². The lowest BCUT2D eigenvalue weighted by Crippen LogP contribution is -2.28. The van der Waals surface area contributed by atoms with Crippen molar-refractivity contribution in [2.45, 2.75) is 25.9 Å². The zero-order valence-corrected chi connectivity index (χ0v) is 13.0. The third-order valence-corrected chi connectivity index (χ3v) is 3.48. The third-order valence-electron chi connectivity index (χ3n) is 3.48. The van der Waals surface area contributed by atoms with Crippen LogP contribution in [-0.4, -0.2) is 33.9 Å². The van der Waals surface area contributed by atoms with E-state index in [0.29, 0.717) is 0 Å². The Hall–Kier alpha value is -2.83. The maximum absolute atomic E-state index is 12.0. The maximum Gasteiger partial charge on any atom is 0.354 e. The Morgan fingerprint density at radius 1 is 1.30 bits per heavy atom. The molecule has 1 aromatic carbocycles. The minimum atomic E-state index is -1.06. The SMILES string of the molecule is COc1ccc(C(C)NC(=O)CCn2nccc2C(=O)O)cc1. The Kier molecular flexibility index (Phi) is 5.35. The van der Waals surface area contributed by atoms with Crippen LogP contribution in [0, 0.1) is 0 Å². The van der Waals surface area contributed by atoms with Crippen molar-refractivity contribution < 1.29 is 19.4 Å². The molecule has 7 heteroatoms. The zero-order chi connectivity index (χ0) is 16.8. The van der Waals surface area contributed by atoms with Gasteiger partial charge in [-0.1, -0.05) is 12.1 Å². The molecule has 0 aliphatic heterocycles. The Balaban J connectivity index is 1.88. The van der Waals surface area contributed by atoms with Crippen molar-refractivity contribution in [2.75, 3.05) is 7.11 Å². The molecule has 122 valence electrons. The summed E-state index contributed by atoms with van der Waals surface area (Å²) in [7, 11) is 1.60. The summed E-state index contributed by atoms with van der Waals surface area (Å²) in [4.78, 5) is 23.0. The van der Waals surface area contributed by atoms with Crippen LogP contribution < -0.4 is 10.1 Å². The average Bonchev–Trinajstić information content (AvgIpc) is 3.01. The first-order valence-electron chi connectivity index (χ1n) is 7.19. The maximum atomic E-state index is 12.0. The van der Waals surface area contributed by atoms with Crippen LogP contribution in [0.5, 0.6) is 5.75 Å². The van der Waals surface area contributed by atoms with Crippen LogP contribution in [0.3, 0.4) is 0 Å². The summed E-state index contributed by atoms with van der Waals surface area (Å²) in [6.45, 7) is 2.10. The lowest BCUT2D eigenvalue weighted by atomic mass is 10.1. The third kappa shape index (κ3) is 4.32. The first-order valence-corrected chi connectivity index (χ1v) is 7.19. The number of hydrogen-bond donors (Lipinski definition) is 2. The molecule has 2 aromatic rings. The molecule has 1 aromatic heterocycles. The molecule has 1 heterocycles. The molecular formula is C16H19N3O4. The topological polar surface area (TPSA) is 93.5 Å². The van der Waals surface area contributed by atoms with Crippen molar-refractivity contribution in [2.24, 2.45) is 0 Å². The number of nitrogens with one attached hydrogen (secondary N) is 1. The molecule has 7 nitrogen and oxygen atoms in total. The van der Waals surface area contributed by atoms with Crippen molar-refractivity contribution in [3.8, 4) is 5.75 Å². The van der Waals surface area contributed by atoms with Gasteiger partial charge < -0.3 is 15.2 Å². The molecule has 2 rings (SSSR count). The minimum Gasteiger partial charge on any atom is -0.497 e. The van der Waals surface area contributed by atoms with Crippen molar-refractivity contribution in [3.63, 3.8) is 0 Å². The summed E-state index contributed by atoms with van der Waals surface area (Å²) >= 11 is 0. The van der Waals surface area contributed by atoms with Gasteiger partial charge in [-0.15, -0.1) is 0 Å². The number of carbonyl (C=O) groups excluding carboxylic acids is 1. The number of aromatic nitrogens is 2. The van der Waals surface area contributed by atoms with Gasteiger partial charge in [-0.3, -0.25) is 9.48 Å². The fourth-order valence-electron chi connectivity index (χ4n) is 2.19. The van der Waals surface area contributed by atoms with E-state index in [4.69, 9.17) is 9.84 Å². The molecule has 0 radical (unpaired) electrons. The first-order chi connectivity index (χ1) is 11.0. The van der Waals surface area contributed by atoms with E-state index in [1.54, 1.807) is 7.11 Å². The van der Waals surface area contributed by atoms with E-state index in [2.05, 4.69) is 10.4 Å². The standard InChI is InChI=1S/C16H19N3O4/c1-11(12-3-5-13(23-2)6-4-12)18-15(20)8-10-19-14(16(21)22)7-9-17-19/h3-7,9,11H,8,10H2,1-2H3,(H,18,20)(H,21,22). The second kappa shape index (κ2) is 7.44. The number of aryl methyl sites for hydroxylation is 1. The predicted molar refractivity (Wildman–Crippen MR) is 83.4 cm³/mol. The van der Waals surface area contributed by atoms with Crippen LogP contribution in [0.2, 0.25) is 0 Å². The van der Waals surface area contributed by atoms with Gasteiger partial charge in [0.2, 0.25) is 5.91 Å². The fraction of sp³-hybridized carbons (Fsp3) is 0.312. The van der Waals surface area contributed by atoms with E-state index in [0.717, 1.165) is 11.3 Å². The van der Waals surface area contributed by atoms with E-state index in [9.17, 15) is 9.59 Å². The van der Waals surface area contributed by atoms with Crippen molar-refractivity contribution in [1.29, 1.82) is 0 Å². The number of ether oxygens (including phenoxy) is 1. The molecule has 0 aliphatic carbocycles. The summed E-state index contributed by atoms with van der Waals surface area (Å²) in [5, 5.41) is 15.8. The Morgan fingerprint density at radius 2 is 2.00 bits per heavy atom. The fourth-order valence-corrected chi connectivity index (χ4v) is 2.19. The highest BCUT2D eigenvalue weighted by atomic mass is 16.5. The summed E-state index contributed by atoms with van der Waals surface area (Å²) in [5.74, 6) is -0.471. The van der Waals surface area contributed by atoms with Gasteiger partial charge in [-0.05, 0) is 30.7 Å². The van der Waals surface area contributed by atoms with Crippen LogP contribution in [-0.2, 0) is 11.3 Å². The number of methoxy groups -OCH3 is 1. The van der Waals surface area contributed by atoms with Crippen LogP contribution >= 0.6 is 0 Å². The van der Waals surface area contributed by atoms with Crippen molar-refractivity contribution >= 4 is 11.9 Å². The van der Waals surface area contributed by atoms with Gasteiger partial charge in [0.25, 0.3) is 0 Å². The molecule has 0 spiro atoms. The molecule has 0 fully saturated rings. The molecule has 1 atom stereocenters. The summed E-state index contributed by atoms with van der Waals surface area (Å²) in [6, 6.07) is 8.70. The highest BCUT2D eigenvalue weighted by Gasteiger charge is 2.13. The number of nitrogens with zero attached hydrogens (tertiary/aromatic N) is 2. The number of aromatic carboxylic acids is 1. The highest BCUT2D eigenvalue weighted by molar-refractivity contribution is 5.85. The minimum absolute atomic E-state index is 0.0704. The number of carboxylic acid groups (broad SMARTS) is 1. The predicted octanol–water partition coefficient (Wildman–Crippen LogP) is 1.86. The Bertz CT molecular complexity index is 679. The largest absolute Gasteiger partial charge is 0.497 e. The first kappa shape index (κ1) is 16.5. The average molecular weight is 317 g/mol. The van der Waals surface area contributed by atoms with Gasteiger partial charge in [-0.2, -0.15) is 5.10 Å². The molecule has 0 bridgehead atoms. The van der Waals surface area contributed by atoms with Gasteiger partial charge >= 0.3 is 5.97 Å². The van der Waals surface area contributed by atoms with Gasteiger partial charge in [0.15, 0.2) is 0 Å². The van der Waals surface area contributed by atoms with Crippen LogP contribution in [0.15, 0.2) is 36.5 Å². The monoisotopic (exact) mass is 317 g/mol. The number of amides is 1. The van der Waals surface area contributed by atoms with Crippen LogP contribution in [0.1, 0.15) is 35.4 Å². The highest BCUT2D eigenvalue weighted by Crippen LogP contribution is 2.17. The number of carbonyl (C=O) groups is 2. The normalized spacial score (nSPS) is 11.7. The van der Waals surface area contributed by atoms with Gasteiger partial charge in [-0.25, -0.2) is 4.79 Å². The number of rotatable bonds is 7. The lowest BCUT2D eigenvalue weighted by Gasteiger charge is -2.15. The molecule has 0 saturated carbocycles. The zero-order valence-electron chi connectivity index (χ0n) is 13.0. The Morgan fingerprint density at radius 3 is 2.61 bits per heavy atom. The van der Waals surface area contributed by atoms with Crippen LogP contribution in [0.25, 0.3) is 0 Å². The summed E-state index contributed by atoms with van der Waals surface area (Å²) < 4.78 is 6.40. The van der Waals surface area contributed by atoms with Crippen molar-refractivity contribution in [1.82, 2.24) is 15.1 Å². The molecule has 2 N–H and O–H groups in total. The van der Waals surface area contributed by atoms with Gasteiger partial charge in [0.1, 0.15) is 11.4 Å². The Labute approximate surface area is 133 Å². The summed E-state index contributed by atoms with van der Waals surface area (Å²) in [6.07, 6.45) is 1.56. The summed E-state index contributed by atoms with van der Waals surface area (Å²) in [5.41, 5.74) is 1.03. The number of benzene rings is 1. The molecular weight excluding hydrogens is 298 g/mol. The van der Waals surface area contributed by atoms with E-state index in [1.807, 2.05) is 31.2 Å². The molecule has 1 unspecified atom stereocenters. The number of carboxylic acids is 1. The van der Waals surface area contributed by atoms with E-state index < -0.39 is 5.97 Å². The molecule has 0 saturated heterocycles.